The van der Waals surface area contributed by atoms with Crippen LogP contribution in [0.1, 0.15) is 5.56 Å². The van der Waals surface area contributed by atoms with Crippen LogP contribution < -0.4 is 5.32 Å². The zero-order valence-corrected chi connectivity index (χ0v) is 7.09. The van der Waals surface area contributed by atoms with Crippen molar-refractivity contribution < 1.29 is 4.79 Å². The lowest BCUT2D eigenvalue weighted by atomic mass is 10.2. The first kappa shape index (κ1) is 8.50. The minimum absolute atomic E-state index is 0.664. The van der Waals surface area contributed by atoms with E-state index >= 15 is 0 Å². The summed E-state index contributed by atoms with van der Waals surface area (Å²) in [6.45, 7) is 1.90. The predicted octanol–water partition coefficient (Wildman–Crippen LogP) is 2.00. The van der Waals surface area contributed by atoms with Gasteiger partial charge in [-0.1, -0.05) is 6.07 Å². The Hall–Kier alpha value is -1.60. The number of hydrogen-bond donors (Lipinski definition) is 1. The Kier molecular flexibility index (Phi) is 2.62. The summed E-state index contributed by atoms with van der Waals surface area (Å²) in [5, 5.41) is 2.96. The van der Waals surface area contributed by atoms with Crippen LogP contribution in [0.2, 0.25) is 0 Å². The van der Waals surface area contributed by atoms with Gasteiger partial charge in [-0.25, -0.2) is 4.79 Å². The first-order valence-corrected chi connectivity index (χ1v) is 3.64. The number of rotatable bonds is 2. The zero-order chi connectivity index (χ0) is 8.97. The van der Waals surface area contributed by atoms with Gasteiger partial charge >= 0.3 is 0 Å². The summed E-state index contributed by atoms with van der Waals surface area (Å²) < 4.78 is 0. The Bertz CT molecular complexity index is 327. The van der Waals surface area contributed by atoms with Crippen LogP contribution in [0.3, 0.4) is 0 Å². The number of nitrogens with one attached hydrogen (secondary N) is 1. The smallest absolute Gasteiger partial charge is 0.240 e. The fraction of sp³-hybridized carbons (Fsp3) is 0.222. The van der Waals surface area contributed by atoms with E-state index in [1.165, 1.54) is 6.08 Å². The molecule has 1 aromatic rings. The Labute approximate surface area is 71.1 Å². The van der Waals surface area contributed by atoms with Crippen molar-refractivity contribution in [3.63, 3.8) is 0 Å². The van der Waals surface area contributed by atoms with Gasteiger partial charge in [0.15, 0.2) is 0 Å². The number of aryl methyl sites for hydroxylation is 1. The molecule has 0 bridgehead atoms. The van der Waals surface area contributed by atoms with E-state index in [9.17, 15) is 4.79 Å². The molecule has 0 amide bonds. The molecule has 0 aliphatic heterocycles. The monoisotopic (exact) mass is 162 g/mol. The fourth-order valence-corrected chi connectivity index (χ4v) is 0.935. The molecule has 1 N–H and O–H groups in total. The van der Waals surface area contributed by atoms with E-state index in [1.54, 1.807) is 6.07 Å². The summed E-state index contributed by atoms with van der Waals surface area (Å²) in [5.74, 6) is 0. The van der Waals surface area contributed by atoms with Crippen molar-refractivity contribution in [1.82, 2.24) is 0 Å². The van der Waals surface area contributed by atoms with Gasteiger partial charge in [0.2, 0.25) is 6.08 Å². The molecular formula is C9H10N2O. The first-order valence-electron chi connectivity index (χ1n) is 3.64. The van der Waals surface area contributed by atoms with Crippen molar-refractivity contribution in [2.24, 2.45) is 4.99 Å². The number of anilines is 1. The minimum Gasteiger partial charge on any atom is -0.388 e. The summed E-state index contributed by atoms with van der Waals surface area (Å²) in [6.07, 6.45) is 1.52. The molecule has 1 rings (SSSR count). The van der Waals surface area contributed by atoms with Gasteiger partial charge in [0.05, 0.1) is 5.69 Å². The summed E-state index contributed by atoms with van der Waals surface area (Å²) in [5.41, 5.74) is 2.57. The molecular weight excluding hydrogens is 152 g/mol. The zero-order valence-electron chi connectivity index (χ0n) is 7.09. The third-order valence-corrected chi connectivity index (χ3v) is 1.66. The fourth-order valence-electron chi connectivity index (χ4n) is 0.935. The van der Waals surface area contributed by atoms with Crippen LogP contribution in [0, 0.1) is 6.92 Å². The molecule has 0 heterocycles. The van der Waals surface area contributed by atoms with E-state index in [0.717, 1.165) is 11.3 Å². The molecule has 0 saturated heterocycles. The number of nitrogens with zero attached hydrogens (tertiary/aromatic N) is 1. The van der Waals surface area contributed by atoms with Crippen molar-refractivity contribution in [2.45, 2.75) is 6.92 Å². The van der Waals surface area contributed by atoms with Gasteiger partial charge in [-0.3, -0.25) is 0 Å². The minimum atomic E-state index is 0.664. The van der Waals surface area contributed by atoms with E-state index in [1.807, 2.05) is 26.1 Å². The molecule has 0 atom stereocenters. The molecule has 0 saturated carbocycles. The maximum Gasteiger partial charge on any atom is 0.240 e. The molecule has 0 fully saturated rings. The Balaban J connectivity index is 3.16. The maximum atomic E-state index is 10.0. The predicted molar refractivity (Wildman–Crippen MR) is 48.5 cm³/mol. The molecule has 1 aromatic carbocycles. The number of hydrogen-bond acceptors (Lipinski definition) is 3. The number of aliphatic imine (C=N–C) groups is 1. The van der Waals surface area contributed by atoms with Crippen LogP contribution in [-0.4, -0.2) is 13.1 Å². The second kappa shape index (κ2) is 3.69. The lowest BCUT2D eigenvalue weighted by Gasteiger charge is -2.02. The SMILES string of the molecule is CNc1ccc(C)c(N=C=O)c1. The highest BCUT2D eigenvalue weighted by Crippen LogP contribution is 2.21. The van der Waals surface area contributed by atoms with Crippen LogP contribution in [0.4, 0.5) is 11.4 Å². The molecule has 12 heavy (non-hydrogen) atoms. The summed E-state index contributed by atoms with van der Waals surface area (Å²) in [6, 6.07) is 5.64. The molecule has 62 valence electrons. The number of isocyanates is 1. The summed E-state index contributed by atoms with van der Waals surface area (Å²) >= 11 is 0. The van der Waals surface area contributed by atoms with Crippen LogP contribution in [0.25, 0.3) is 0 Å². The third-order valence-electron chi connectivity index (χ3n) is 1.66. The van der Waals surface area contributed by atoms with Gasteiger partial charge in [-0.2, -0.15) is 4.99 Å². The van der Waals surface area contributed by atoms with Crippen LogP contribution in [-0.2, 0) is 4.79 Å². The standard InChI is InChI=1S/C9H10N2O/c1-7-3-4-8(10-2)5-9(7)11-6-12/h3-5,10H,1-2H3. The number of carbonyl (C=O) groups excluding carboxylic acids is 1. The Morgan fingerprint density at radius 2 is 2.25 bits per heavy atom. The van der Waals surface area contributed by atoms with Crippen LogP contribution in [0.15, 0.2) is 23.2 Å². The molecule has 0 spiro atoms. The van der Waals surface area contributed by atoms with Crippen molar-refractivity contribution >= 4 is 17.5 Å². The van der Waals surface area contributed by atoms with Crippen molar-refractivity contribution in [2.75, 3.05) is 12.4 Å². The summed E-state index contributed by atoms with van der Waals surface area (Å²) in [7, 11) is 1.82. The van der Waals surface area contributed by atoms with Crippen molar-refractivity contribution in [1.29, 1.82) is 0 Å². The molecule has 0 radical (unpaired) electrons. The van der Waals surface area contributed by atoms with E-state index in [0.29, 0.717) is 5.69 Å². The van der Waals surface area contributed by atoms with E-state index in [4.69, 9.17) is 0 Å². The second-order valence-corrected chi connectivity index (χ2v) is 2.45. The molecule has 0 aliphatic rings. The second-order valence-electron chi connectivity index (χ2n) is 2.45. The third kappa shape index (κ3) is 1.71. The molecule has 0 aliphatic carbocycles. The van der Waals surface area contributed by atoms with Gasteiger partial charge in [0, 0.05) is 12.7 Å². The van der Waals surface area contributed by atoms with E-state index in [-0.39, 0.29) is 0 Å². The molecule has 0 aromatic heterocycles. The first-order chi connectivity index (χ1) is 5.77. The van der Waals surface area contributed by atoms with Crippen molar-refractivity contribution in [3.8, 4) is 0 Å². The largest absolute Gasteiger partial charge is 0.388 e. The highest BCUT2D eigenvalue weighted by molar-refractivity contribution is 5.61. The normalized spacial score (nSPS) is 8.83. The number of benzene rings is 1. The van der Waals surface area contributed by atoms with Gasteiger partial charge in [-0.05, 0) is 24.6 Å². The van der Waals surface area contributed by atoms with E-state index < -0.39 is 0 Å². The van der Waals surface area contributed by atoms with Gasteiger partial charge in [-0.15, -0.1) is 0 Å². The maximum absolute atomic E-state index is 10.0. The molecule has 3 heteroatoms. The Morgan fingerprint density at radius 3 is 2.83 bits per heavy atom. The van der Waals surface area contributed by atoms with Gasteiger partial charge in [0.25, 0.3) is 0 Å². The lowest BCUT2D eigenvalue weighted by Crippen LogP contribution is -1.87. The summed E-state index contributed by atoms with van der Waals surface area (Å²) in [4.78, 5) is 13.6. The molecule has 0 unspecified atom stereocenters. The van der Waals surface area contributed by atoms with Crippen LogP contribution in [0.5, 0.6) is 0 Å². The average Bonchev–Trinajstić information content (AvgIpc) is 2.09. The molecule has 3 nitrogen and oxygen atoms in total. The Morgan fingerprint density at radius 1 is 1.50 bits per heavy atom. The van der Waals surface area contributed by atoms with Gasteiger partial charge < -0.3 is 5.32 Å². The topological polar surface area (TPSA) is 41.5 Å². The van der Waals surface area contributed by atoms with Crippen LogP contribution >= 0.6 is 0 Å². The highest BCUT2D eigenvalue weighted by atomic mass is 16.1. The average molecular weight is 162 g/mol. The van der Waals surface area contributed by atoms with E-state index in [2.05, 4.69) is 10.3 Å². The lowest BCUT2D eigenvalue weighted by molar-refractivity contribution is 0.565. The highest BCUT2D eigenvalue weighted by Gasteiger charge is 1.96. The van der Waals surface area contributed by atoms with Crippen molar-refractivity contribution in [3.05, 3.63) is 23.8 Å². The quantitative estimate of drug-likeness (QED) is 0.533. The van der Waals surface area contributed by atoms with Gasteiger partial charge in [0.1, 0.15) is 0 Å².